The number of rotatable bonds is 6. The lowest BCUT2D eigenvalue weighted by atomic mass is 9.76. The van der Waals surface area contributed by atoms with E-state index in [1.807, 2.05) is 45.0 Å². The molecule has 1 unspecified atom stereocenters. The monoisotopic (exact) mass is 249 g/mol. The van der Waals surface area contributed by atoms with E-state index in [0.29, 0.717) is 19.6 Å². The Morgan fingerprint density at radius 3 is 2.61 bits per heavy atom. The highest BCUT2D eigenvalue weighted by molar-refractivity contribution is 5.83. The maximum atomic E-state index is 12.3. The van der Waals surface area contributed by atoms with Gasteiger partial charge in [0.25, 0.3) is 0 Å². The molecule has 100 valence electrons. The first-order valence-corrected chi connectivity index (χ1v) is 6.49. The van der Waals surface area contributed by atoms with Crippen LogP contribution >= 0.6 is 0 Å². The van der Waals surface area contributed by atoms with Crippen LogP contribution in [0.4, 0.5) is 0 Å². The molecule has 2 N–H and O–H groups in total. The molecule has 1 aromatic rings. The van der Waals surface area contributed by atoms with E-state index >= 15 is 0 Å². The maximum Gasteiger partial charge on any atom is 0.316 e. The fourth-order valence-electron chi connectivity index (χ4n) is 2.28. The van der Waals surface area contributed by atoms with Gasteiger partial charge >= 0.3 is 5.97 Å². The number of aryl methyl sites for hydroxylation is 1. The van der Waals surface area contributed by atoms with E-state index in [0.717, 1.165) is 17.5 Å². The molecule has 18 heavy (non-hydrogen) atoms. The number of nitrogens with two attached hydrogens (primary N) is 1. The number of hydrogen-bond acceptors (Lipinski definition) is 3. The number of ether oxygens (including phenoxy) is 1. The molecule has 0 bridgehead atoms. The predicted octanol–water partition coefficient (Wildman–Crippen LogP) is 2.55. The van der Waals surface area contributed by atoms with Crippen LogP contribution in [0.5, 0.6) is 0 Å². The summed E-state index contributed by atoms with van der Waals surface area (Å²) in [7, 11) is 0. The first-order valence-electron chi connectivity index (χ1n) is 6.49. The second-order valence-corrected chi connectivity index (χ2v) is 4.76. The SMILES string of the molecule is CCOC(=O)C(C)(CCCN)c1ccccc1C. The van der Waals surface area contributed by atoms with Crippen LogP contribution in [0.2, 0.25) is 0 Å². The van der Waals surface area contributed by atoms with Crippen LogP contribution in [0.3, 0.4) is 0 Å². The molecule has 0 radical (unpaired) electrons. The van der Waals surface area contributed by atoms with E-state index in [9.17, 15) is 4.79 Å². The summed E-state index contributed by atoms with van der Waals surface area (Å²) in [5, 5.41) is 0. The van der Waals surface area contributed by atoms with Gasteiger partial charge in [0.05, 0.1) is 12.0 Å². The molecule has 0 fully saturated rings. The summed E-state index contributed by atoms with van der Waals surface area (Å²) in [6.07, 6.45) is 1.52. The highest BCUT2D eigenvalue weighted by Crippen LogP contribution is 2.32. The van der Waals surface area contributed by atoms with Crippen molar-refractivity contribution in [3.8, 4) is 0 Å². The van der Waals surface area contributed by atoms with E-state index in [-0.39, 0.29) is 5.97 Å². The molecule has 0 heterocycles. The standard InChI is InChI=1S/C15H23NO2/c1-4-18-14(17)15(3,10-7-11-16)13-9-6-5-8-12(13)2/h5-6,8-9H,4,7,10-11,16H2,1-3H3. The van der Waals surface area contributed by atoms with Gasteiger partial charge in [0.15, 0.2) is 0 Å². The zero-order chi connectivity index (χ0) is 13.6. The fraction of sp³-hybridized carbons (Fsp3) is 0.533. The second-order valence-electron chi connectivity index (χ2n) is 4.76. The molecule has 0 aliphatic carbocycles. The summed E-state index contributed by atoms with van der Waals surface area (Å²) in [5.41, 5.74) is 7.13. The Kier molecular flexibility index (Phi) is 5.35. The minimum atomic E-state index is -0.597. The summed E-state index contributed by atoms with van der Waals surface area (Å²) in [6.45, 7) is 6.79. The molecule has 0 amide bonds. The van der Waals surface area contributed by atoms with Gasteiger partial charge in [0.1, 0.15) is 0 Å². The van der Waals surface area contributed by atoms with Crippen molar-refractivity contribution < 1.29 is 9.53 Å². The fourth-order valence-corrected chi connectivity index (χ4v) is 2.28. The summed E-state index contributed by atoms with van der Waals surface area (Å²) in [6, 6.07) is 7.97. The van der Waals surface area contributed by atoms with Crippen LogP contribution in [0.25, 0.3) is 0 Å². The van der Waals surface area contributed by atoms with E-state index in [2.05, 4.69) is 0 Å². The van der Waals surface area contributed by atoms with Crippen LogP contribution in [-0.2, 0) is 14.9 Å². The van der Waals surface area contributed by atoms with Crippen molar-refractivity contribution in [2.45, 2.75) is 39.0 Å². The summed E-state index contributed by atoms with van der Waals surface area (Å²) in [5.74, 6) is -0.159. The lowest BCUT2D eigenvalue weighted by molar-refractivity contribution is -0.149. The molecule has 1 rings (SSSR count). The Hall–Kier alpha value is -1.35. The lowest BCUT2D eigenvalue weighted by Crippen LogP contribution is -2.35. The van der Waals surface area contributed by atoms with Gasteiger partial charge in [-0.05, 0) is 51.3 Å². The van der Waals surface area contributed by atoms with Crippen molar-refractivity contribution in [3.63, 3.8) is 0 Å². The minimum Gasteiger partial charge on any atom is -0.465 e. The summed E-state index contributed by atoms with van der Waals surface area (Å²) >= 11 is 0. The van der Waals surface area contributed by atoms with E-state index in [1.165, 1.54) is 0 Å². The largest absolute Gasteiger partial charge is 0.465 e. The van der Waals surface area contributed by atoms with Gasteiger partial charge in [-0.2, -0.15) is 0 Å². The Bertz CT molecular complexity index is 403. The van der Waals surface area contributed by atoms with Gasteiger partial charge in [0.2, 0.25) is 0 Å². The lowest BCUT2D eigenvalue weighted by Gasteiger charge is -2.29. The number of carbonyl (C=O) groups excluding carboxylic acids is 1. The summed E-state index contributed by atoms with van der Waals surface area (Å²) < 4.78 is 5.23. The third-order valence-electron chi connectivity index (χ3n) is 3.35. The van der Waals surface area contributed by atoms with E-state index in [4.69, 9.17) is 10.5 Å². The van der Waals surface area contributed by atoms with Crippen molar-refractivity contribution >= 4 is 5.97 Å². The van der Waals surface area contributed by atoms with Crippen molar-refractivity contribution in [3.05, 3.63) is 35.4 Å². The first kappa shape index (κ1) is 14.7. The molecule has 0 aromatic heterocycles. The van der Waals surface area contributed by atoms with Crippen LogP contribution < -0.4 is 5.73 Å². The Morgan fingerprint density at radius 1 is 1.39 bits per heavy atom. The molecule has 3 nitrogen and oxygen atoms in total. The van der Waals surface area contributed by atoms with Gasteiger partial charge in [-0.25, -0.2) is 0 Å². The number of carbonyl (C=O) groups is 1. The molecule has 0 spiro atoms. The molecule has 0 aliphatic rings. The van der Waals surface area contributed by atoms with Crippen LogP contribution in [0.15, 0.2) is 24.3 Å². The average molecular weight is 249 g/mol. The van der Waals surface area contributed by atoms with E-state index < -0.39 is 5.41 Å². The zero-order valence-corrected chi connectivity index (χ0v) is 11.5. The van der Waals surface area contributed by atoms with Gasteiger partial charge < -0.3 is 10.5 Å². The molecular formula is C15H23NO2. The van der Waals surface area contributed by atoms with Crippen LogP contribution in [0.1, 0.15) is 37.8 Å². The number of benzene rings is 1. The second kappa shape index (κ2) is 6.55. The van der Waals surface area contributed by atoms with Gasteiger partial charge in [0, 0.05) is 0 Å². The molecule has 1 aromatic carbocycles. The molecule has 1 atom stereocenters. The van der Waals surface area contributed by atoms with Crippen molar-refractivity contribution in [1.29, 1.82) is 0 Å². The predicted molar refractivity (Wildman–Crippen MR) is 73.5 cm³/mol. The number of esters is 1. The minimum absolute atomic E-state index is 0.159. The number of hydrogen-bond donors (Lipinski definition) is 1. The average Bonchev–Trinajstić information content (AvgIpc) is 2.36. The van der Waals surface area contributed by atoms with Crippen LogP contribution in [-0.4, -0.2) is 19.1 Å². The Morgan fingerprint density at radius 2 is 2.06 bits per heavy atom. The quantitative estimate of drug-likeness (QED) is 0.788. The zero-order valence-electron chi connectivity index (χ0n) is 11.5. The topological polar surface area (TPSA) is 52.3 Å². The Labute approximate surface area is 109 Å². The van der Waals surface area contributed by atoms with Crippen molar-refractivity contribution in [2.24, 2.45) is 5.73 Å². The third kappa shape index (κ3) is 3.10. The highest BCUT2D eigenvalue weighted by atomic mass is 16.5. The van der Waals surface area contributed by atoms with Gasteiger partial charge in [-0.1, -0.05) is 24.3 Å². The maximum absolute atomic E-state index is 12.3. The molecular weight excluding hydrogens is 226 g/mol. The smallest absolute Gasteiger partial charge is 0.316 e. The van der Waals surface area contributed by atoms with Gasteiger partial charge in [-0.15, -0.1) is 0 Å². The van der Waals surface area contributed by atoms with E-state index in [1.54, 1.807) is 0 Å². The van der Waals surface area contributed by atoms with Gasteiger partial charge in [-0.3, -0.25) is 4.79 Å². The third-order valence-corrected chi connectivity index (χ3v) is 3.35. The van der Waals surface area contributed by atoms with Crippen molar-refractivity contribution in [2.75, 3.05) is 13.2 Å². The summed E-state index contributed by atoms with van der Waals surface area (Å²) in [4.78, 5) is 12.3. The molecule has 3 heteroatoms. The molecule has 0 saturated heterocycles. The highest BCUT2D eigenvalue weighted by Gasteiger charge is 2.36. The normalized spacial score (nSPS) is 14.0. The molecule has 0 aliphatic heterocycles. The Balaban J connectivity index is 3.11. The molecule has 0 saturated carbocycles. The first-order chi connectivity index (χ1) is 8.56. The van der Waals surface area contributed by atoms with Crippen molar-refractivity contribution in [1.82, 2.24) is 0 Å². The van der Waals surface area contributed by atoms with Crippen LogP contribution in [0, 0.1) is 6.92 Å².